The number of hydrogen-bond acceptors (Lipinski definition) is 2. The van der Waals surface area contributed by atoms with Gasteiger partial charge in [0.05, 0.1) is 5.25 Å². The molecule has 0 aromatic heterocycles. The molecule has 1 N–H and O–H groups in total. The van der Waals surface area contributed by atoms with Crippen LogP contribution in [0.2, 0.25) is 5.02 Å². The van der Waals surface area contributed by atoms with Crippen molar-refractivity contribution in [3.63, 3.8) is 0 Å². The van der Waals surface area contributed by atoms with Gasteiger partial charge in [0.2, 0.25) is 5.91 Å². The summed E-state index contributed by atoms with van der Waals surface area (Å²) in [5.41, 5.74) is 2.94. The first kappa shape index (κ1) is 17.6. The van der Waals surface area contributed by atoms with Gasteiger partial charge in [0.15, 0.2) is 0 Å². The summed E-state index contributed by atoms with van der Waals surface area (Å²) < 4.78 is 0. The summed E-state index contributed by atoms with van der Waals surface area (Å²) in [6.45, 7) is 3.86. The molecule has 0 heterocycles. The molecule has 2 aromatic carbocycles. The van der Waals surface area contributed by atoms with Crippen molar-refractivity contribution < 1.29 is 4.79 Å². The van der Waals surface area contributed by atoms with Crippen LogP contribution in [0.3, 0.4) is 0 Å². The largest absolute Gasteiger partial charge is 0.325 e. The van der Waals surface area contributed by atoms with E-state index in [-0.39, 0.29) is 11.2 Å². The number of hydrogen-bond donors (Lipinski definition) is 1. The van der Waals surface area contributed by atoms with E-state index < -0.39 is 0 Å². The number of carbonyl (C=O) groups excluding carboxylic acids is 1. The van der Waals surface area contributed by atoms with Gasteiger partial charge in [-0.3, -0.25) is 4.79 Å². The minimum absolute atomic E-state index is 0.00604. The second-order valence-electron chi connectivity index (χ2n) is 5.24. The number of rotatable bonds is 6. The summed E-state index contributed by atoms with van der Waals surface area (Å²) in [6.07, 6.45) is 4.15. The molecular weight excluding hydrogens is 326 g/mol. The Labute approximate surface area is 146 Å². The van der Waals surface area contributed by atoms with Crippen molar-refractivity contribution in [3.8, 4) is 0 Å². The van der Waals surface area contributed by atoms with E-state index in [2.05, 4.69) is 29.6 Å². The Bertz CT molecular complexity index is 685. The second-order valence-corrected chi connectivity index (χ2v) is 7.05. The molecule has 120 valence electrons. The Balaban J connectivity index is 1.83. The molecule has 0 saturated carbocycles. The molecule has 0 radical (unpaired) electrons. The maximum atomic E-state index is 12.2. The zero-order valence-corrected chi connectivity index (χ0v) is 14.8. The molecule has 0 bridgehead atoms. The van der Waals surface area contributed by atoms with E-state index in [0.29, 0.717) is 5.02 Å². The molecule has 1 atom stereocenters. The van der Waals surface area contributed by atoms with Crippen LogP contribution in [0, 0.1) is 6.92 Å². The summed E-state index contributed by atoms with van der Waals surface area (Å²) in [5, 5.41) is 3.43. The van der Waals surface area contributed by atoms with Crippen LogP contribution in [0.25, 0.3) is 6.08 Å². The van der Waals surface area contributed by atoms with Crippen LogP contribution in [0.15, 0.2) is 54.6 Å². The summed E-state index contributed by atoms with van der Waals surface area (Å²) in [7, 11) is 0. The number of carbonyl (C=O) groups is 1. The molecule has 0 spiro atoms. The monoisotopic (exact) mass is 345 g/mol. The average molecular weight is 346 g/mol. The number of aryl methyl sites for hydroxylation is 1. The van der Waals surface area contributed by atoms with Crippen LogP contribution in [-0.2, 0) is 4.79 Å². The Hall–Kier alpha value is -1.71. The Morgan fingerprint density at radius 3 is 2.74 bits per heavy atom. The number of halogens is 1. The molecule has 0 fully saturated rings. The lowest BCUT2D eigenvalue weighted by Gasteiger charge is -2.13. The maximum Gasteiger partial charge on any atom is 0.237 e. The predicted octanol–water partition coefficient (Wildman–Crippen LogP) is 5.42. The molecular formula is C19H20ClNOS. The van der Waals surface area contributed by atoms with Gasteiger partial charge in [0.25, 0.3) is 0 Å². The summed E-state index contributed by atoms with van der Waals surface area (Å²) in [5.74, 6) is 0.784. The van der Waals surface area contributed by atoms with Crippen LogP contribution in [0.4, 0.5) is 5.69 Å². The van der Waals surface area contributed by atoms with Crippen molar-refractivity contribution in [3.05, 3.63) is 70.8 Å². The van der Waals surface area contributed by atoms with Crippen LogP contribution < -0.4 is 5.32 Å². The highest BCUT2D eigenvalue weighted by atomic mass is 35.5. The zero-order valence-electron chi connectivity index (χ0n) is 13.3. The third-order valence-electron chi connectivity index (χ3n) is 3.38. The minimum atomic E-state index is -0.131. The van der Waals surface area contributed by atoms with Gasteiger partial charge >= 0.3 is 0 Å². The van der Waals surface area contributed by atoms with Crippen LogP contribution in [0.1, 0.15) is 18.1 Å². The van der Waals surface area contributed by atoms with Crippen molar-refractivity contribution in [2.75, 3.05) is 11.1 Å². The lowest BCUT2D eigenvalue weighted by molar-refractivity contribution is -0.115. The number of thioether (sulfide) groups is 1. The molecule has 4 heteroatoms. The summed E-state index contributed by atoms with van der Waals surface area (Å²) in [4.78, 5) is 12.2. The number of anilines is 1. The van der Waals surface area contributed by atoms with Gasteiger partial charge in [-0.15, -0.1) is 11.8 Å². The Morgan fingerprint density at radius 1 is 1.26 bits per heavy atom. The molecule has 2 nitrogen and oxygen atoms in total. The van der Waals surface area contributed by atoms with Gasteiger partial charge in [-0.25, -0.2) is 0 Å². The normalized spacial score (nSPS) is 12.3. The first-order valence-electron chi connectivity index (χ1n) is 7.46. The third kappa shape index (κ3) is 5.77. The standard InChI is InChI=1S/C19H20ClNOS/c1-14-10-11-17(20)13-18(14)21-19(22)15(2)23-12-6-9-16-7-4-3-5-8-16/h3-11,13,15H,12H2,1-2H3,(H,21,22)/b9-6-/t15-/m0/s1. The van der Waals surface area contributed by atoms with Gasteiger partial charge in [-0.1, -0.05) is 60.2 Å². The van der Waals surface area contributed by atoms with Gasteiger partial charge in [-0.2, -0.15) is 0 Å². The highest BCUT2D eigenvalue weighted by Gasteiger charge is 2.13. The Morgan fingerprint density at radius 2 is 2.00 bits per heavy atom. The molecule has 0 aliphatic heterocycles. The number of nitrogens with one attached hydrogen (secondary N) is 1. The van der Waals surface area contributed by atoms with Crippen molar-refractivity contribution in [2.45, 2.75) is 19.1 Å². The van der Waals surface area contributed by atoms with Crippen LogP contribution in [0.5, 0.6) is 0 Å². The Kier molecular flexibility index (Phi) is 6.75. The van der Waals surface area contributed by atoms with E-state index in [4.69, 9.17) is 11.6 Å². The highest BCUT2D eigenvalue weighted by molar-refractivity contribution is 8.00. The van der Waals surface area contributed by atoms with E-state index in [1.807, 2.05) is 44.2 Å². The van der Waals surface area contributed by atoms with Gasteiger partial charge in [-0.05, 0) is 37.1 Å². The van der Waals surface area contributed by atoms with Gasteiger partial charge in [0.1, 0.15) is 0 Å². The van der Waals surface area contributed by atoms with Crippen molar-refractivity contribution in [1.82, 2.24) is 0 Å². The van der Waals surface area contributed by atoms with E-state index in [1.54, 1.807) is 17.8 Å². The first-order valence-corrected chi connectivity index (χ1v) is 8.89. The molecule has 0 aliphatic carbocycles. The van der Waals surface area contributed by atoms with Gasteiger partial charge < -0.3 is 5.32 Å². The molecule has 0 unspecified atom stereocenters. The maximum absolute atomic E-state index is 12.2. The van der Waals surface area contributed by atoms with E-state index >= 15 is 0 Å². The van der Waals surface area contributed by atoms with E-state index in [1.165, 1.54) is 5.56 Å². The minimum Gasteiger partial charge on any atom is -0.325 e. The predicted molar refractivity (Wildman–Crippen MR) is 102 cm³/mol. The quantitative estimate of drug-likeness (QED) is 0.757. The summed E-state index contributed by atoms with van der Waals surface area (Å²) in [6, 6.07) is 15.6. The van der Waals surface area contributed by atoms with Crippen LogP contribution in [-0.4, -0.2) is 16.9 Å². The molecule has 2 rings (SSSR count). The molecule has 0 aliphatic rings. The second kappa shape index (κ2) is 8.80. The number of benzene rings is 2. The lowest BCUT2D eigenvalue weighted by atomic mass is 10.2. The fourth-order valence-electron chi connectivity index (χ4n) is 1.99. The van der Waals surface area contributed by atoms with E-state index in [0.717, 1.165) is 17.0 Å². The zero-order chi connectivity index (χ0) is 16.7. The fourth-order valence-corrected chi connectivity index (χ4v) is 2.87. The SMILES string of the molecule is Cc1ccc(Cl)cc1NC(=O)[C@H](C)SC/C=C\c1ccccc1. The van der Waals surface area contributed by atoms with Crippen LogP contribution >= 0.6 is 23.4 Å². The average Bonchev–Trinajstić information content (AvgIpc) is 2.55. The van der Waals surface area contributed by atoms with Crippen molar-refractivity contribution >= 4 is 41.0 Å². The molecule has 0 saturated heterocycles. The highest BCUT2D eigenvalue weighted by Crippen LogP contribution is 2.21. The topological polar surface area (TPSA) is 29.1 Å². The number of amides is 1. The first-order chi connectivity index (χ1) is 11.1. The smallest absolute Gasteiger partial charge is 0.237 e. The molecule has 23 heavy (non-hydrogen) atoms. The third-order valence-corrected chi connectivity index (χ3v) is 4.71. The molecule has 2 aromatic rings. The summed E-state index contributed by atoms with van der Waals surface area (Å²) >= 11 is 7.58. The van der Waals surface area contributed by atoms with Crippen molar-refractivity contribution in [2.24, 2.45) is 0 Å². The van der Waals surface area contributed by atoms with Crippen molar-refractivity contribution in [1.29, 1.82) is 0 Å². The molecule has 1 amide bonds. The van der Waals surface area contributed by atoms with E-state index in [9.17, 15) is 4.79 Å². The fraction of sp³-hybridized carbons (Fsp3) is 0.211. The van der Waals surface area contributed by atoms with Gasteiger partial charge in [0, 0.05) is 16.5 Å². The lowest BCUT2D eigenvalue weighted by Crippen LogP contribution is -2.23.